The molecule has 0 bridgehead atoms. The van der Waals surface area contributed by atoms with Gasteiger partial charge in [-0.05, 0) is 49.4 Å². The van der Waals surface area contributed by atoms with E-state index in [9.17, 15) is 4.79 Å². The molecule has 27 heavy (non-hydrogen) atoms. The Hall–Kier alpha value is -1.46. The van der Waals surface area contributed by atoms with Crippen LogP contribution in [0.4, 0.5) is 0 Å². The Bertz CT molecular complexity index is 728. The molecule has 1 aromatic heterocycles. The number of benzene rings is 1. The average molecular weight is 374 g/mol. The molecule has 4 nitrogen and oxygen atoms in total. The first-order valence-corrected chi connectivity index (χ1v) is 9.29. The van der Waals surface area contributed by atoms with Gasteiger partial charge in [0.2, 0.25) is 0 Å². The van der Waals surface area contributed by atoms with Crippen LogP contribution in [0.5, 0.6) is 0 Å². The summed E-state index contributed by atoms with van der Waals surface area (Å²) in [4.78, 5) is 17.6. The predicted molar refractivity (Wildman–Crippen MR) is 104 cm³/mol. The maximum absolute atomic E-state index is 10.6. The zero-order valence-corrected chi connectivity index (χ0v) is 18.0. The molecule has 0 aliphatic carbocycles. The number of hydrogen-bond donors (Lipinski definition) is 1. The molecular weight excluding hydrogens is 347 g/mol. The van der Waals surface area contributed by atoms with Gasteiger partial charge in [0.1, 0.15) is 0 Å². The summed E-state index contributed by atoms with van der Waals surface area (Å²) in [6.45, 7) is 1.92. The number of carbonyl (C=O) groups is 1. The third kappa shape index (κ3) is 6.58. The second-order valence-electron chi connectivity index (χ2n) is 6.84. The first-order chi connectivity index (χ1) is 12.7. The predicted octanol–water partition coefficient (Wildman–Crippen LogP) is 1.57. The third-order valence-electron chi connectivity index (χ3n) is 4.99. The Balaban J connectivity index is 0.00000196. The number of allylic oxidation sites excluding steroid dienone is 2. The van der Waals surface area contributed by atoms with Gasteiger partial charge in [0.05, 0.1) is 5.69 Å². The van der Waals surface area contributed by atoms with E-state index in [4.69, 9.17) is 5.11 Å². The normalized spacial score (nSPS) is 19.9. The van der Waals surface area contributed by atoms with Crippen LogP contribution in [0.25, 0.3) is 0 Å². The first kappa shape index (κ1) is 21.8. The van der Waals surface area contributed by atoms with Crippen LogP contribution >= 0.6 is 0 Å². The number of rotatable bonds is 8. The Morgan fingerprint density at radius 3 is 2.67 bits per heavy atom. The molecule has 1 aliphatic rings. The van der Waals surface area contributed by atoms with E-state index in [0.29, 0.717) is 18.4 Å². The van der Waals surface area contributed by atoms with Crippen LogP contribution in [0.15, 0.2) is 66.9 Å². The van der Waals surface area contributed by atoms with Crippen LogP contribution < -0.4 is 29.6 Å². The van der Waals surface area contributed by atoms with Crippen molar-refractivity contribution in [3.8, 4) is 0 Å². The maximum atomic E-state index is 10.6. The molecule has 1 aromatic carbocycles. The Labute approximate surface area is 185 Å². The quantitative estimate of drug-likeness (QED) is 0.563. The summed E-state index contributed by atoms with van der Waals surface area (Å²) in [7, 11) is 0. The zero-order valence-electron chi connectivity index (χ0n) is 17.0. The first-order valence-electron chi connectivity index (χ1n) is 9.29. The summed E-state index contributed by atoms with van der Waals surface area (Å²) in [6.07, 6.45) is 8.97. The van der Waals surface area contributed by atoms with Crippen molar-refractivity contribution in [1.29, 1.82) is 0 Å². The number of pyridine rings is 1. The van der Waals surface area contributed by atoms with Gasteiger partial charge in [-0.2, -0.15) is 0 Å². The molecule has 1 N–H and O–H groups in total. The van der Waals surface area contributed by atoms with Crippen molar-refractivity contribution < 1.29 is 40.9 Å². The number of hydrogen-bond acceptors (Lipinski definition) is 3. The van der Waals surface area contributed by atoms with Crippen molar-refractivity contribution in [2.75, 3.05) is 6.54 Å². The molecule has 1 fully saturated rings. The monoisotopic (exact) mass is 374 g/mol. The van der Waals surface area contributed by atoms with Crippen LogP contribution in [0, 0.1) is 5.92 Å². The number of carboxylic acids is 1. The van der Waals surface area contributed by atoms with Gasteiger partial charge >= 0.3 is 35.5 Å². The van der Waals surface area contributed by atoms with Crippen molar-refractivity contribution in [2.24, 2.45) is 5.92 Å². The van der Waals surface area contributed by atoms with Crippen molar-refractivity contribution >= 4 is 5.97 Å². The second-order valence-corrected chi connectivity index (χ2v) is 6.84. The van der Waals surface area contributed by atoms with Gasteiger partial charge in [0.25, 0.3) is 0 Å². The van der Waals surface area contributed by atoms with Gasteiger partial charge in [-0.25, -0.2) is 0 Å². The zero-order chi connectivity index (χ0) is 18.2. The largest absolute Gasteiger partial charge is 1.00 e. The van der Waals surface area contributed by atoms with Crippen LogP contribution in [-0.4, -0.2) is 27.5 Å². The summed E-state index contributed by atoms with van der Waals surface area (Å²) >= 11 is 0. The minimum absolute atomic E-state index is 0. The molecule has 5 heteroatoms. The fourth-order valence-electron chi connectivity index (χ4n) is 3.78. The smallest absolute Gasteiger partial charge is 1.00 e. The Morgan fingerprint density at radius 2 is 1.96 bits per heavy atom. The number of nitrogens with zero attached hydrogens (tertiary/aromatic N) is 2. The Kier molecular flexibility index (Phi) is 9.22. The van der Waals surface area contributed by atoms with Gasteiger partial charge < -0.3 is 6.53 Å². The Morgan fingerprint density at radius 1 is 1.19 bits per heavy atom. The van der Waals surface area contributed by atoms with E-state index in [0.717, 1.165) is 31.6 Å². The molecule has 0 saturated carbocycles. The standard InChI is InChI=1S/C22H26N2O2.Na.H/c25-21(26)13-6-2-5-11-19-14-16-24(17-20-12-7-8-15-23-20)22(19)18-9-3-1-4-10-18;;/h1-5,7-10,12,15,19,22H,6,11,13-14,16-17H2,(H,25,26);;/q;+1;-1/b5-2-;;/t19-,22-;;/m1../s1. The molecule has 3 rings (SSSR count). The van der Waals surface area contributed by atoms with Gasteiger partial charge in [0.15, 0.2) is 0 Å². The van der Waals surface area contributed by atoms with Gasteiger partial charge in [-0.15, -0.1) is 0 Å². The molecule has 2 aromatic rings. The summed E-state index contributed by atoms with van der Waals surface area (Å²) < 4.78 is 0. The van der Waals surface area contributed by atoms with E-state index in [1.165, 1.54) is 5.56 Å². The molecule has 2 heterocycles. The summed E-state index contributed by atoms with van der Waals surface area (Å²) in [5.74, 6) is -0.193. The minimum Gasteiger partial charge on any atom is -1.00 e. The van der Waals surface area contributed by atoms with Crippen LogP contribution in [0.1, 0.15) is 44.4 Å². The van der Waals surface area contributed by atoms with Crippen LogP contribution in [-0.2, 0) is 11.3 Å². The van der Waals surface area contributed by atoms with Crippen molar-refractivity contribution in [2.45, 2.75) is 38.3 Å². The second kappa shape index (κ2) is 11.4. The average Bonchev–Trinajstić information content (AvgIpc) is 3.05. The number of carboxylic acid groups (broad SMARTS) is 1. The fraction of sp³-hybridized carbons (Fsp3) is 0.364. The van der Waals surface area contributed by atoms with Crippen molar-refractivity contribution in [3.63, 3.8) is 0 Å². The molecular formula is C22H27N2NaO2. The molecule has 138 valence electrons. The number of aliphatic carboxylic acids is 1. The van der Waals surface area contributed by atoms with E-state index >= 15 is 0 Å². The number of likely N-dealkylation sites (tertiary alicyclic amines) is 1. The van der Waals surface area contributed by atoms with Crippen molar-refractivity contribution in [1.82, 2.24) is 9.88 Å². The van der Waals surface area contributed by atoms with E-state index in [1.54, 1.807) is 0 Å². The topological polar surface area (TPSA) is 53.4 Å². The molecule has 0 radical (unpaired) electrons. The van der Waals surface area contributed by atoms with Crippen molar-refractivity contribution in [3.05, 3.63) is 78.1 Å². The summed E-state index contributed by atoms with van der Waals surface area (Å²) in [5.41, 5.74) is 2.45. The molecule has 0 spiro atoms. The molecule has 0 amide bonds. The maximum Gasteiger partial charge on any atom is 1.00 e. The van der Waals surface area contributed by atoms with Gasteiger partial charge in [-0.3, -0.25) is 14.7 Å². The van der Waals surface area contributed by atoms with Gasteiger partial charge in [0, 0.05) is 25.2 Å². The molecule has 1 aliphatic heterocycles. The van der Waals surface area contributed by atoms with Gasteiger partial charge in [-0.1, -0.05) is 48.6 Å². The van der Waals surface area contributed by atoms with E-state index < -0.39 is 5.97 Å². The fourth-order valence-corrected chi connectivity index (χ4v) is 3.78. The van der Waals surface area contributed by atoms with E-state index in [1.807, 2.05) is 24.4 Å². The molecule has 0 unspecified atom stereocenters. The minimum atomic E-state index is -0.737. The third-order valence-corrected chi connectivity index (χ3v) is 4.99. The number of aromatic nitrogens is 1. The van der Waals surface area contributed by atoms with Crippen LogP contribution in [0.3, 0.4) is 0 Å². The molecule has 2 atom stereocenters. The summed E-state index contributed by atoms with van der Waals surface area (Å²) in [6, 6.07) is 17.1. The molecule has 1 saturated heterocycles. The van der Waals surface area contributed by atoms with E-state index in [-0.39, 0.29) is 37.4 Å². The van der Waals surface area contributed by atoms with Crippen LogP contribution in [0.2, 0.25) is 0 Å². The summed E-state index contributed by atoms with van der Waals surface area (Å²) in [5, 5.41) is 8.74. The SMILES string of the molecule is O=C(O)CC/C=C\C[C@@H]1CCN(Cc2ccccn2)[C@@H]1c1ccccc1.[H-].[Na+]. The van der Waals surface area contributed by atoms with E-state index in [2.05, 4.69) is 52.4 Å².